The molecule has 0 fully saturated rings. The Morgan fingerprint density at radius 1 is 1.28 bits per heavy atom. The Labute approximate surface area is 107 Å². The summed E-state index contributed by atoms with van der Waals surface area (Å²) in [6, 6.07) is 4.18. The molecule has 0 bridgehead atoms. The maximum atomic E-state index is 5.74. The predicted molar refractivity (Wildman–Crippen MR) is 72.6 cm³/mol. The molecular weight excluding hydrogens is 226 g/mol. The van der Waals surface area contributed by atoms with Crippen molar-refractivity contribution < 1.29 is 4.74 Å². The van der Waals surface area contributed by atoms with E-state index in [2.05, 4.69) is 24.0 Å². The highest BCUT2D eigenvalue weighted by molar-refractivity contribution is 5.69. The summed E-state index contributed by atoms with van der Waals surface area (Å²) in [6.07, 6.45) is 1.80. The van der Waals surface area contributed by atoms with E-state index >= 15 is 0 Å². The number of aromatic nitrogens is 2. The Hall–Kier alpha value is -1.81. The topological polar surface area (TPSA) is 53.1 Å². The monoisotopic (exact) mass is 245 g/mol. The SMILES string of the molecule is COc1cc(C)c(-c2c(CN)ncn2C)cc1C. The zero-order chi connectivity index (χ0) is 13.3. The van der Waals surface area contributed by atoms with Crippen LogP contribution in [0.15, 0.2) is 18.5 Å². The molecule has 0 aliphatic heterocycles. The van der Waals surface area contributed by atoms with Crippen molar-refractivity contribution in [3.05, 3.63) is 35.3 Å². The van der Waals surface area contributed by atoms with E-state index in [4.69, 9.17) is 10.5 Å². The highest BCUT2D eigenvalue weighted by Crippen LogP contribution is 2.31. The van der Waals surface area contributed by atoms with Crippen molar-refractivity contribution in [2.45, 2.75) is 20.4 Å². The largest absolute Gasteiger partial charge is 0.496 e. The molecule has 2 N–H and O–H groups in total. The molecule has 0 spiro atoms. The maximum absolute atomic E-state index is 5.74. The molecule has 0 radical (unpaired) electrons. The second-order valence-corrected chi connectivity index (χ2v) is 4.49. The van der Waals surface area contributed by atoms with Gasteiger partial charge >= 0.3 is 0 Å². The van der Waals surface area contributed by atoms with Gasteiger partial charge in [-0.2, -0.15) is 0 Å². The Balaban J connectivity index is 2.64. The van der Waals surface area contributed by atoms with Gasteiger partial charge in [0.05, 0.1) is 24.8 Å². The first kappa shape index (κ1) is 12.6. The van der Waals surface area contributed by atoms with Crippen LogP contribution in [0.1, 0.15) is 16.8 Å². The van der Waals surface area contributed by atoms with Gasteiger partial charge in [-0.3, -0.25) is 0 Å². The number of ether oxygens (including phenoxy) is 1. The van der Waals surface area contributed by atoms with Crippen molar-refractivity contribution in [2.24, 2.45) is 12.8 Å². The molecule has 18 heavy (non-hydrogen) atoms. The lowest BCUT2D eigenvalue weighted by molar-refractivity contribution is 0.411. The van der Waals surface area contributed by atoms with Crippen LogP contribution in [0.2, 0.25) is 0 Å². The van der Waals surface area contributed by atoms with Gasteiger partial charge in [0, 0.05) is 19.2 Å². The smallest absolute Gasteiger partial charge is 0.122 e. The van der Waals surface area contributed by atoms with E-state index in [1.807, 2.05) is 18.5 Å². The number of imidazole rings is 1. The molecule has 4 heteroatoms. The third-order valence-corrected chi connectivity index (χ3v) is 3.20. The van der Waals surface area contributed by atoms with E-state index in [0.29, 0.717) is 6.54 Å². The molecule has 2 aromatic rings. The van der Waals surface area contributed by atoms with E-state index in [1.54, 1.807) is 13.4 Å². The van der Waals surface area contributed by atoms with Crippen molar-refractivity contribution in [1.82, 2.24) is 9.55 Å². The fourth-order valence-corrected chi connectivity index (χ4v) is 2.24. The molecule has 4 nitrogen and oxygen atoms in total. The summed E-state index contributed by atoms with van der Waals surface area (Å²) in [5, 5.41) is 0. The summed E-state index contributed by atoms with van der Waals surface area (Å²) in [6.45, 7) is 4.56. The first-order valence-corrected chi connectivity index (χ1v) is 5.94. The molecule has 1 heterocycles. The van der Waals surface area contributed by atoms with Gasteiger partial charge in [-0.1, -0.05) is 0 Å². The standard InChI is InChI=1S/C14H19N3O/c1-9-6-13(18-4)10(2)5-11(9)14-12(7-15)16-8-17(14)3/h5-6,8H,7,15H2,1-4H3. The minimum atomic E-state index is 0.445. The van der Waals surface area contributed by atoms with Crippen LogP contribution in [0, 0.1) is 13.8 Å². The number of hydrogen-bond acceptors (Lipinski definition) is 3. The van der Waals surface area contributed by atoms with Crippen molar-refractivity contribution in [3.63, 3.8) is 0 Å². The van der Waals surface area contributed by atoms with Crippen molar-refractivity contribution in [2.75, 3.05) is 7.11 Å². The van der Waals surface area contributed by atoms with Crippen LogP contribution in [0.4, 0.5) is 0 Å². The fraction of sp³-hybridized carbons (Fsp3) is 0.357. The van der Waals surface area contributed by atoms with E-state index in [1.165, 1.54) is 0 Å². The molecule has 96 valence electrons. The zero-order valence-electron chi connectivity index (χ0n) is 11.3. The molecule has 0 amide bonds. The molecule has 0 aliphatic rings. The van der Waals surface area contributed by atoms with Crippen molar-refractivity contribution in [1.29, 1.82) is 0 Å². The predicted octanol–water partition coefficient (Wildman–Crippen LogP) is 2.17. The van der Waals surface area contributed by atoms with Crippen LogP contribution in [0.5, 0.6) is 5.75 Å². The Morgan fingerprint density at radius 2 is 2.00 bits per heavy atom. The van der Waals surface area contributed by atoms with Gasteiger partial charge < -0.3 is 15.0 Å². The lowest BCUT2D eigenvalue weighted by Gasteiger charge is -2.13. The normalized spacial score (nSPS) is 10.7. The third-order valence-electron chi connectivity index (χ3n) is 3.20. The highest BCUT2D eigenvalue weighted by Gasteiger charge is 2.14. The molecule has 1 aromatic carbocycles. The van der Waals surface area contributed by atoms with Crippen molar-refractivity contribution in [3.8, 4) is 17.0 Å². The van der Waals surface area contributed by atoms with Crippen LogP contribution >= 0.6 is 0 Å². The van der Waals surface area contributed by atoms with Gasteiger partial charge in [-0.15, -0.1) is 0 Å². The van der Waals surface area contributed by atoms with Crippen LogP contribution in [-0.2, 0) is 13.6 Å². The molecule has 1 aromatic heterocycles. The minimum Gasteiger partial charge on any atom is -0.496 e. The fourth-order valence-electron chi connectivity index (χ4n) is 2.24. The average molecular weight is 245 g/mol. The second kappa shape index (κ2) is 4.82. The Bertz CT molecular complexity index is 573. The number of nitrogens with two attached hydrogens (primary N) is 1. The zero-order valence-corrected chi connectivity index (χ0v) is 11.3. The summed E-state index contributed by atoms with van der Waals surface area (Å²) in [5.41, 5.74) is 11.2. The van der Waals surface area contributed by atoms with Crippen LogP contribution in [0.25, 0.3) is 11.3 Å². The molecule has 0 unspecified atom stereocenters. The van der Waals surface area contributed by atoms with Gasteiger partial charge in [-0.25, -0.2) is 4.98 Å². The summed E-state index contributed by atoms with van der Waals surface area (Å²) >= 11 is 0. The van der Waals surface area contributed by atoms with Gasteiger partial charge in [0.25, 0.3) is 0 Å². The third kappa shape index (κ3) is 1.99. The van der Waals surface area contributed by atoms with Crippen LogP contribution < -0.4 is 10.5 Å². The molecule has 0 aliphatic carbocycles. The van der Waals surface area contributed by atoms with E-state index < -0.39 is 0 Å². The average Bonchev–Trinajstić information content (AvgIpc) is 2.72. The van der Waals surface area contributed by atoms with Gasteiger partial charge in [0.1, 0.15) is 5.75 Å². The van der Waals surface area contributed by atoms with Gasteiger partial charge in [0.15, 0.2) is 0 Å². The van der Waals surface area contributed by atoms with Crippen LogP contribution in [-0.4, -0.2) is 16.7 Å². The lowest BCUT2D eigenvalue weighted by Crippen LogP contribution is -2.02. The number of nitrogens with zero attached hydrogens (tertiary/aromatic N) is 2. The minimum absolute atomic E-state index is 0.445. The van der Waals surface area contributed by atoms with E-state index in [0.717, 1.165) is 33.8 Å². The summed E-state index contributed by atoms with van der Waals surface area (Å²) in [4.78, 5) is 4.33. The second-order valence-electron chi connectivity index (χ2n) is 4.49. The summed E-state index contributed by atoms with van der Waals surface area (Å²) in [5.74, 6) is 0.910. The molecule has 0 saturated heterocycles. The number of rotatable bonds is 3. The number of hydrogen-bond donors (Lipinski definition) is 1. The summed E-state index contributed by atoms with van der Waals surface area (Å²) in [7, 11) is 3.68. The van der Waals surface area contributed by atoms with E-state index in [9.17, 15) is 0 Å². The molecule has 0 atom stereocenters. The quantitative estimate of drug-likeness (QED) is 0.901. The first-order chi connectivity index (χ1) is 8.58. The molecular formula is C14H19N3O. The number of aryl methyl sites for hydroxylation is 3. The van der Waals surface area contributed by atoms with E-state index in [-0.39, 0.29) is 0 Å². The van der Waals surface area contributed by atoms with Crippen LogP contribution in [0.3, 0.4) is 0 Å². The first-order valence-electron chi connectivity index (χ1n) is 5.94. The maximum Gasteiger partial charge on any atom is 0.122 e. The lowest BCUT2D eigenvalue weighted by atomic mass is 10.0. The molecule has 0 saturated carbocycles. The van der Waals surface area contributed by atoms with Gasteiger partial charge in [0.2, 0.25) is 0 Å². The van der Waals surface area contributed by atoms with Crippen molar-refractivity contribution >= 4 is 0 Å². The van der Waals surface area contributed by atoms with Gasteiger partial charge in [-0.05, 0) is 37.1 Å². The summed E-state index contributed by atoms with van der Waals surface area (Å²) < 4.78 is 7.35. The molecule has 2 rings (SSSR count). The Kier molecular flexibility index (Phi) is 3.39. The Morgan fingerprint density at radius 3 is 2.61 bits per heavy atom. The highest BCUT2D eigenvalue weighted by atomic mass is 16.5. The number of methoxy groups -OCH3 is 1. The number of benzene rings is 1.